The quantitative estimate of drug-likeness (QED) is 0.457. The van der Waals surface area contributed by atoms with Gasteiger partial charge in [-0.15, -0.1) is 0 Å². The smallest absolute Gasteiger partial charge is 0.253 e. The van der Waals surface area contributed by atoms with Crippen LogP contribution in [0.1, 0.15) is 30.1 Å². The van der Waals surface area contributed by atoms with Gasteiger partial charge in [0.25, 0.3) is 5.91 Å². The van der Waals surface area contributed by atoms with E-state index in [9.17, 15) is 18.0 Å². The minimum absolute atomic E-state index is 0.0195. The number of rotatable bonds is 6. The summed E-state index contributed by atoms with van der Waals surface area (Å²) in [6.45, 7) is 3.61. The lowest BCUT2D eigenvalue weighted by atomic mass is 10.1. The summed E-state index contributed by atoms with van der Waals surface area (Å²) in [6.07, 6.45) is 3.07. The summed E-state index contributed by atoms with van der Waals surface area (Å²) in [5, 5.41) is 13.3. The van der Waals surface area contributed by atoms with Gasteiger partial charge in [0.15, 0.2) is 20.5 Å². The molecule has 0 spiro atoms. The summed E-state index contributed by atoms with van der Waals surface area (Å²) in [7, 11) is -3.56. The van der Waals surface area contributed by atoms with Crippen LogP contribution in [0.15, 0.2) is 29.3 Å². The molecule has 184 valence electrons. The zero-order valence-corrected chi connectivity index (χ0v) is 20.2. The fraction of sp³-hybridized carbons (Fsp3) is 0.409. The number of H-pyrrole nitrogens is 1. The Kier molecular flexibility index (Phi) is 5.79. The highest BCUT2D eigenvalue weighted by atomic mass is 32.2. The number of carbonyl (C=O) groups is 2. The Labute approximate surface area is 202 Å². The first kappa shape index (κ1) is 23.0. The molecule has 3 heterocycles. The number of amides is 2. The van der Waals surface area contributed by atoms with E-state index in [4.69, 9.17) is 0 Å². The van der Waals surface area contributed by atoms with Crippen molar-refractivity contribution in [2.75, 3.05) is 43.1 Å². The van der Waals surface area contributed by atoms with E-state index in [2.05, 4.69) is 30.8 Å². The molecule has 1 aliphatic heterocycles. The average molecular weight is 499 g/mol. The van der Waals surface area contributed by atoms with E-state index in [0.29, 0.717) is 54.3 Å². The first-order valence-corrected chi connectivity index (χ1v) is 13.2. The molecular weight excluding hydrogens is 472 g/mol. The average Bonchev–Trinajstić information content (AvgIpc) is 3.53. The number of aromatic nitrogens is 4. The highest BCUT2D eigenvalue weighted by Crippen LogP contribution is 2.32. The summed E-state index contributed by atoms with van der Waals surface area (Å²) in [6, 6.07) is 7.21. The molecule has 1 saturated heterocycles. The molecule has 3 N–H and O–H groups in total. The van der Waals surface area contributed by atoms with Crippen molar-refractivity contribution in [1.29, 1.82) is 0 Å². The Morgan fingerprint density at radius 3 is 2.29 bits per heavy atom. The molecule has 0 radical (unpaired) electrons. The standard InChI is InChI=1S/C22H26N8O4S/c1-13(31)29-9-11-30(12-10-29)21(32)14-3-5-16(6-4-14)24-22-25-18(23-15-7-8-15)17-19(26-22)27-28-20(17)35(2,33)34/h3-6,15H,7-12H2,1-2H3,(H3,23,24,25,26,27,28). The van der Waals surface area contributed by atoms with Crippen LogP contribution in [0.25, 0.3) is 11.0 Å². The first-order valence-electron chi connectivity index (χ1n) is 11.3. The third-order valence-corrected chi connectivity index (χ3v) is 7.05. The molecular formula is C22H26N8O4S. The highest BCUT2D eigenvalue weighted by Gasteiger charge is 2.27. The number of nitrogens with zero attached hydrogens (tertiary/aromatic N) is 5. The lowest BCUT2D eigenvalue weighted by molar-refractivity contribution is -0.130. The summed E-state index contributed by atoms with van der Waals surface area (Å²) in [5.41, 5.74) is 1.52. The largest absolute Gasteiger partial charge is 0.367 e. The summed E-state index contributed by atoms with van der Waals surface area (Å²) < 4.78 is 24.3. The highest BCUT2D eigenvalue weighted by molar-refractivity contribution is 7.90. The molecule has 2 fully saturated rings. The summed E-state index contributed by atoms with van der Waals surface area (Å²) in [5.74, 6) is 0.611. The maximum atomic E-state index is 12.8. The molecule has 0 bridgehead atoms. The van der Waals surface area contributed by atoms with Crippen LogP contribution in [0.4, 0.5) is 17.5 Å². The topological polar surface area (TPSA) is 153 Å². The third kappa shape index (κ3) is 4.90. The maximum absolute atomic E-state index is 12.8. The number of anilines is 3. The normalized spacial score (nSPS) is 16.4. The van der Waals surface area contributed by atoms with E-state index >= 15 is 0 Å². The van der Waals surface area contributed by atoms with Gasteiger partial charge in [-0.05, 0) is 37.1 Å². The van der Waals surface area contributed by atoms with Gasteiger partial charge in [0.2, 0.25) is 11.9 Å². The van der Waals surface area contributed by atoms with Crippen LogP contribution in [-0.2, 0) is 14.6 Å². The Hall–Kier alpha value is -3.74. The summed E-state index contributed by atoms with van der Waals surface area (Å²) in [4.78, 5) is 36.7. The molecule has 5 rings (SSSR count). The number of sulfone groups is 1. The molecule has 13 heteroatoms. The predicted molar refractivity (Wildman–Crippen MR) is 129 cm³/mol. The second-order valence-corrected chi connectivity index (χ2v) is 10.8. The number of benzene rings is 1. The van der Waals surface area contributed by atoms with Crippen LogP contribution in [0.3, 0.4) is 0 Å². The molecule has 2 amide bonds. The second kappa shape index (κ2) is 8.80. The zero-order chi connectivity index (χ0) is 24.7. The van der Waals surface area contributed by atoms with Gasteiger partial charge in [-0.3, -0.25) is 14.7 Å². The van der Waals surface area contributed by atoms with Gasteiger partial charge in [0.1, 0.15) is 11.2 Å². The van der Waals surface area contributed by atoms with Gasteiger partial charge >= 0.3 is 0 Å². The van der Waals surface area contributed by atoms with Crippen molar-refractivity contribution in [3.05, 3.63) is 29.8 Å². The predicted octanol–water partition coefficient (Wildman–Crippen LogP) is 1.38. The zero-order valence-electron chi connectivity index (χ0n) is 19.4. The van der Waals surface area contributed by atoms with Gasteiger partial charge in [0.05, 0.1) is 0 Å². The lowest BCUT2D eigenvalue weighted by Crippen LogP contribution is -2.50. The van der Waals surface area contributed by atoms with Crippen LogP contribution in [-0.4, -0.2) is 88.7 Å². The van der Waals surface area contributed by atoms with Gasteiger partial charge in [-0.1, -0.05) is 0 Å². The van der Waals surface area contributed by atoms with Crippen molar-refractivity contribution in [2.24, 2.45) is 0 Å². The number of fused-ring (bicyclic) bond motifs is 1. The number of hydrogen-bond acceptors (Lipinski definition) is 9. The molecule has 1 aromatic carbocycles. The number of aromatic amines is 1. The molecule has 2 aliphatic rings. The molecule has 2 aromatic heterocycles. The van der Waals surface area contributed by atoms with E-state index < -0.39 is 9.84 Å². The minimum atomic E-state index is -3.56. The molecule has 0 atom stereocenters. The van der Waals surface area contributed by atoms with Crippen LogP contribution in [0.5, 0.6) is 0 Å². The molecule has 35 heavy (non-hydrogen) atoms. The number of piperazine rings is 1. The SMILES string of the molecule is CC(=O)N1CCN(C(=O)c2ccc(Nc3nc(NC4CC4)c4c(S(C)(=O)=O)n[nH]c4n3)cc2)CC1. The number of carbonyl (C=O) groups excluding carboxylic acids is 2. The summed E-state index contributed by atoms with van der Waals surface area (Å²) >= 11 is 0. The van der Waals surface area contributed by atoms with Gasteiger partial charge in [-0.25, -0.2) is 8.42 Å². The monoisotopic (exact) mass is 498 g/mol. The first-order chi connectivity index (χ1) is 16.7. The molecule has 12 nitrogen and oxygen atoms in total. The van der Waals surface area contributed by atoms with Crippen LogP contribution >= 0.6 is 0 Å². The van der Waals surface area contributed by atoms with E-state index in [1.165, 1.54) is 6.92 Å². The van der Waals surface area contributed by atoms with Gasteiger partial charge < -0.3 is 20.4 Å². The van der Waals surface area contributed by atoms with Gasteiger partial charge in [-0.2, -0.15) is 15.1 Å². The Morgan fingerprint density at radius 1 is 1.03 bits per heavy atom. The van der Waals surface area contributed by atoms with E-state index in [0.717, 1.165) is 19.1 Å². The van der Waals surface area contributed by atoms with Crippen molar-refractivity contribution in [3.63, 3.8) is 0 Å². The van der Waals surface area contributed by atoms with Crippen LogP contribution in [0, 0.1) is 0 Å². The van der Waals surface area contributed by atoms with Crippen molar-refractivity contribution in [1.82, 2.24) is 30.0 Å². The Bertz CT molecular complexity index is 1390. The van der Waals surface area contributed by atoms with Crippen LogP contribution in [0.2, 0.25) is 0 Å². The van der Waals surface area contributed by atoms with Crippen LogP contribution < -0.4 is 10.6 Å². The fourth-order valence-corrected chi connectivity index (χ4v) is 4.76. The van der Waals surface area contributed by atoms with Crippen molar-refractivity contribution < 1.29 is 18.0 Å². The fourth-order valence-electron chi connectivity index (χ4n) is 3.99. The number of nitrogens with one attached hydrogen (secondary N) is 3. The van der Waals surface area contributed by atoms with Crippen molar-refractivity contribution in [2.45, 2.75) is 30.8 Å². The van der Waals surface area contributed by atoms with E-state index in [-0.39, 0.29) is 28.8 Å². The molecule has 3 aromatic rings. The van der Waals surface area contributed by atoms with Gasteiger partial charge in [0, 0.05) is 56.7 Å². The minimum Gasteiger partial charge on any atom is -0.367 e. The van der Waals surface area contributed by atoms with E-state index in [1.807, 2.05) is 0 Å². The molecule has 0 unspecified atom stereocenters. The second-order valence-electron chi connectivity index (χ2n) is 8.84. The van der Waals surface area contributed by atoms with Crippen molar-refractivity contribution >= 4 is 50.1 Å². The van der Waals surface area contributed by atoms with E-state index in [1.54, 1.807) is 34.1 Å². The Balaban J connectivity index is 1.34. The Morgan fingerprint density at radius 2 is 1.69 bits per heavy atom. The lowest BCUT2D eigenvalue weighted by Gasteiger charge is -2.34. The maximum Gasteiger partial charge on any atom is 0.253 e. The van der Waals surface area contributed by atoms with Crippen molar-refractivity contribution in [3.8, 4) is 0 Å². The number of hydrogen-bond donors (Lipinski definition) is 3. The third-order valence-electron chi connectivity index (χ3n) is 6.06. The molecule has 1 saturated carbocycles. The molecule has 1 aliphatic carbocycles.